The summed E-state index contributed by atoms with van der Waals surface area (Å²) in [5, 5.41) is 34.3. The van der Waals surface area contributed by atoms with Crippen molar-refractivity contribution in [3.05, 3.63) is 70.8 Å². The summed E-state index contributed by atoms with van der Waals surface area (Å²) < 4.78 is 23.3. The van der Waals surface area contributed by atoms with E-state index in [1.54, 1.807) is 51.3 Å². The normalized spacial score (nSPS) is 31.9. The quantitative estimate of drug-likeness (QED) is 0.103. The zero-order valence-electron chi connectivity index (χ0n) is 31.0. The van der Waals surface area contributed by atoms with Crippen LogP contribution in [0, 0.1) is 11.8 Å². The van der Waals surface area contributed by atoms with Gasteiger partial charge in [0.2, 0.25) is 0 Å². The number of nitrogens with zero attached hydrogens (tertiary/aromatic N) is 1. The van der Waals surface area contributed by atoms with E-state index in [0.717, 1.165) is 12.0 Å². The molecule has 0 saturated carbocycles. The SMILES string of the molecule is CC[C@H](OC)[C@@H](C)C1O[C@@H]1C(N(C)Cc1ccc(Cl)cc1)C(C)(O)/C=C/C=C(\C)[C@H]1OC(=O)C[C@H](O)CC[C@@](C)(O)[C@@H](OC(C)=O)/C=C/[C@@H]1C. The molecule has 280 valence electrons. The number of cyclic esters (lactones) is 1. The monoisotopic (exact) mass is 719 g/mol. The number of methoxy groups -OCH3 is 1. The van der Waals surface area contributed by atoms with Crippen LogP contribution in [0.25, 0.3) is 0 Å². The number of halogens is 1. The second-order valence-electron chi connectivity index (χ2n) is 14.5. The predicted octanol–water partition coefficient (Wildman–Crippen LogP) is 5.55. The molecular weight excluding hydrogens is 662 g/mol. The molecule has 3 N–H and O–H groups in total. The molecule has 1 aromatic rings. The summed E-state index contributed by atoms with van der Waals surface area (Å²) in [5.41, 5.74) is -1.06. The van der Waals surface area contributed by atoms with Crippen molar-refractivity contribution in [1.29, 1.82) is 0 Å². The van der Waals surface area contributed by atoms with Gasteiger partial charge in [0.05, 0.1) is 36.4 Å². The molecule has 0 aromatic heterocycles. The van der Waals surface area contributed by atoms with Crippen LogP contribution in [0.4, 0.5) is 0 Å². The lowest BCUT2D eigenvalue weighted by Crippen LogP contribution is -2.52. The van der Waals surface area contributed by atoms with Gasteiger partial charge in [-0.15, -0.1) is 0 Å². The Morgan fingerprint density at radius 1 is 1.22 bits per heavy atom. The van der Waals surface area contributed by atoms with Gasteiger partial charge >= 0.3 is 11.9 Å². The topological polar surface area (TPSA) is 138 Å². The van der Waals surface area contributed by atoms with Crippen molar-refractivity contribution in [3.63, 3.8) is 0 Å². The largest absolute Gasteiger partial charge is 0.457 e. The second kappa shape index (κ2) is 18.3. The van der Waals surface area contributed by atoms with E-state index >= 15 is 0 Å². The summed E-state index contributed by atoms with van der Waals surface area (Å²) in [5.74, 6) is -1.38. The molecule has 2 heterocycles. The smallest absolute Gasteiger partial charge is 0.309 e. The number of hydrogen-bond acceptors (Lipinski definition) is 10. The summed E-state index contributed by atoms with van der Waals surface area (Å²) in [7, 11) is 3.67. The zero-order valence-corrected chi connectivity index (χ0v) is 31.8. The summed E-state index contributed by atoms with van der Waals surface area (Å²) in [6.07, 6.45) is 6.41. The van der Waals surface area contributed by atoms with E-state index in [-0.39, 0.29) is 49.4 Å². The Kier molecular flexibility index (Phi) is 15.3. The number of carbonyl (C=O) groups excluding carboxylic acids is 2. The highest BCUT2D eigenvalue weighted by molar-refractivity contribution is 6.30. The van der Waals surface area contributed by atoms with Gasteiger partial charge in [-0.3, -0.25) is 14.5 Å². The molecule has 11 heteroatoms. The number of benzene rings is 1. The third kappa shape index (κ3) is 11.7. The van der Waals surface area contributed by atoms with Crippen LogP contribution in [-0.2, 0) is 35.1 Å². The third-order valence-electron chi connectivity index (χ3n) is 9.96. The van der Waals surface area contributed by atoms with Crippen molar-refractivity contribution < 1.29 is 43.9 Å². The van der Waals surface area contributed by atoms with E-state index in [9.17, 15) is 24.9 Å². The number of epoxide rings is 1. The maximum Gasteiger partial charge on any atom is 0.309 e. The van der Waals surface area contributed by atoms with Crippen molar-refractivity contribution in [2.75, 3.05) is 14.2 Å². The number of aliphatic hydroxyl groups is 3. The van der Waals surface area contributed by atoms with Crippen LogP contribution >= 0.6 is 11.6 Å². The Hall–Kier alpha value is -2.57. The predicted molar refractivity (Wildman–Crippen MR) is 193 cm³/mol. The minimum absolute atomic E-state index is 0.0273. The lowest BCUT2D eigenvalue weighted by Gasteiger charge is -2.37. The molecule has 2 aliphatic rings. The van der Waals surface area contributed by atoms with Gasteiger partial charge in [0, 0.05) is 37.4 Å². The fourth-order valence-electron chi connectivity index (χ4n) is 7.00. The Bertz CT molecular complexity index is 1350. The van der Waals surface area contributed by atoms with Gasteiger partial charge in [-0.2, -0.15) is 0 Å². The number of carbonyl (C=O) groups is 2. The fraction of sp³-hybridized carbons (Fsp3) is 0.641. The van der Waals surface area contributed by atoms with Crippen LogP contribution in [0.1, 0.15) is 79.7 Å². The van der Waals surface area contributed by atoms with E-state index in [1.807, 2.05) is 45.2 Å². The van der Waals surface area contributed by atoms with E-state index in [1.165, 1.54) is 6.92 Å². The first kappa shape index (κ1) is 41.8. The third-order valence-corrected chi connectivity index (χ3v) is 10.2. The van der Waals surface area contributed by atoms with Crippen molar-refractivity contribution in [1.82, 2.24) is 4.90 Å². The van der Waals surface area contributed by atoms with Crippen molar-refractivity contribution in [2.24, 2.45) is 11.8 Å². The summed E-state index contributed by atoms with van der Waals surface area (Å²) in [6.45, 7) is 13.0. The molecule has 1 fully saturated rings. The molecule has 0 radical (unpaired) electrons. The maximum atomic E-state index is 12.9. The average molecular weight is 720 g/mol. The molecular formula is C39H58ClNO9. The van der Waals surface area contributed by atoms with Gasteiger partial charge in [-0.25, -0.2) is 0 Å². The van der Waals surface area contributed by atoms with Gasteiger partial charge in [0.25, 0.3) is 0 Å². The first-order valence-corrected chi connectivity index (χ1v) is 17.9. The lowest BCUT2D eigenvalue weighted by molar-refractivity contribution is -0.157. The van der Waals surface area contributed by atoms with Gasteiger partial charge in [-0.1, -0.05) is 68.8 Å². The van der Waals surface area contributed by atoms with Gasteiger partial charge in [0.15, 0.2) is 0 Å². The molecule has 0 amide bonds. The molecule has 0 aliphatic carbocycles. The molecule has 2 aliphatic heterocycles. The minimum atomic E-state index is -1.46. The van der Waals surface area contributed by atoms with E-state index in [2.05, 4.69) is 18.7 Å². The minimum Gasteiger partial charge on any atom is -0.457 e. The highest BCUT2D eigenvalue weighted by atomic mass is 35.5. The van der Waals surface area contributed by atoms with Gasteiger partial charge in [0.1, 0.15) is 23.9 Å². The van der Waals surface area contributed by atoms with Crippen molar-refractivity contribution in [3.8, 4) is 0 Å². The highest BCUT2D eigenvalue weighted by Gasteiger charge is 2.55. The van der Waals surface area contributed by atoms with Crippen LogP contribution in [-0.4, -0.2) is 100 Å². The first-order valence-electron chi connectivity index (χ1n) is 17.6. The van der Waals surface area contributed by atoms with E-state index < -0.39 is 47.5 Å². The molecule has 1 aromatic carbocycles. The second-order valence-corrected chi connectivity index (χ2v) is 15.0. The summed E-state index contributed by atoms with van der Waals surface area (Å²) in [4.78, 5) is 26.8. The van der Waals surface area contributed by atoms with Gasteiger partial charge in [-0.05, 0) is 76.4 Å². The number of aliphatic hydroxyl groups excluding tert-OH is 1. The maximum absolute atomic E-state index is 12.9. The molecule has 11 atom stereocenters. The molecule has 1 saturated heterocycles. The number of hydrogen-bond donors (Lipinski definition) is 3. The Balaban J connectivity index is 1.91. The highest BCUT2D eigenvalue weighted by Crippen LogP contribution is 2.41. The Morgan fingerprint density at radius 3 is 2.48 bits per heavy atom. The first-order chi connectivity index (χ1) is 23.4. The molecule has 3 rings (SSSR count). The molecule has 50 heavy (non-hydrogen) atoms. The summed E-state index contributed by atoms with van der Waals surface area (Å²) >= 11 is 6.13. The van der Waals surface area contributed by atoms with Crippen molar-refractivity contribution >= 4 is 23.5 Å². The van der Waals surface area contributed by atoms with Crippen LogP contribution in [0.5, 0.6) is 0 Å². The Labute approximate surface area is 303 Å². The molecule has 10 nitrogen and oxygen atoms in total. The van der Waals surface area contributed by atoms with Crippen LogP contribution < -0.4 is 0 Å². The number of rotatable bonds is 13. The van der Waals surface area contributed by atoms with E-state index in [0.29, 0.717) is 17.1 Å². The number of allylic oxidation sites excluding steroid dienone is 2. The Morgan fingerprint density at radius 2 is 1.88 bits per heavy atom. The fourth-order valence-corrected chi connectivity index (χ4v) is 7.13. The van der Waals surface area contributed by atoms with E-state index in [4.69, 9.17) is 30.5 Å². The zero-order chi connectivity index (χ0) is 37.4. The summed E-state index contributed by atoms with van der Waals surface area (Å²) in [6, 6.07) is 7.21. The van der Waals surface area contributed by atoms with Crippen LogP contribution in [0.3, 0.4) is 0 Å². The number of likely N-dealkylation sites (N-methyl/N-ethyl adjacent to an activating group) is 1. The number of ether oxygens (including phenoxy) is 4. The van der Waals surface area contributed by atoms with Crippen LogP contribution in [0.2, 0.25) is 5.02 Å². The van der Waals surface area contributed by atoms with Crippen molar-refractivity contribution in [2.45, 2.75) is 135 Å². The molecule has 3 unspecified atom stereocenters. The lowest BCUT2D eigenvalue weighted by atomic mass is 9.86. The number of esters is 2. The molecule has 0 spiro atoms. The van der Waals surface area contributed by atoms with Gasteiger partial charge < -0.3 is 34.3 Å². The van der Waals surface area contributed by atoms with Crippen LogP contribution in [0.15, 0.2) is 60.2 Å². The standard InChI is InChI=1S/C39H58ClNO9/c1-10-31(47-9)26(4)35-36(50-35)37(41(8)23-28-14-16-29(40)17-15-28)39(7,46)20-11-12-24(2)34-25(3)13-18-32(48-27(5)42)38(6,45)21-19-30(43)22-33(44)49-34/h11-18,20,25-26,30-32,34-37,43,45-46H,10,19,21-23H2,1-9H3/b18-13+,20-11+,24-12+/t25-,26+,30+,31-,32-,34+,35?,36-,37?,38+,39?/m0/s1. The average Bonchev–Trinajstić information content (AvgIpc) is 3.81. The molecule has 0 bridgehead atoms.